The van der Waals surface area contributed by atoms with Gasteiger partial charge in [0.15, 0.2) is 11.5 Å². The molecule has 26 heavy (non-hydrogen) atoms. The lowest BCUT2D eigenvalue weighted by molar-refractivity contribution is -0.119. The molecule has 1 heterocycles. The Bertz CT molecular complexity index is 902. The Morgan fingerprint density at radius 1 is 1.12 bits per heavy atom. The van der Waals surface area contributed by atoms with Gasteiger partial charge in [0.1, 0.15) is 5.75 Å². The van der Waals surface area contributed by atoms with Crippen molar-refractivity contribution in [2.45, 2.75) is 19.9 Å². The zero-order valence-electron chi connectivity index (χ0n) is 14.3. The van der Waals surface area contributed by atoms with Crippen molar-refractivity contribution in [3.8, 4) is 5.75 Å². The molecule has 3 rings (SSSR count). The number of anilines is 1. The number of hydrogen-bond acceptors (Lipinski definition) is 4. The van der Waals surface area contributed by atoms with Gasteiger partial charge in [-0.1, -0.05) is 37.6 Å². The summed E-state index contributed by atoms with van der Waals surface area (Å²) in [7, 11) is 0. The number of Topliss-reactive ketones (excluding diaryl/α,β-unsaturated/α-hetero) is 1. The minimum absolute atomic E-state index is 0.00809. The van der Waals surface area contributed by atoms with Crippen LogP contribution in [0.15, 0.2) is 59.9 Å². The minimum Gasteiger partial charge on any atom is -0.508 e. The Hall–Kier alpha value is -2.79. The maximum absolute atomic E-state index is 12.8. The van der Waals surface area contributed by atoms with Crippen LogP contribution in [0.4, 0.5) is 5.69 Å². The highest BCUT2D eigenvalue weighted by molar-refractivity contribution is 6.30. The first kappa shape index (κ1) is 18.0. The molecule has 6 heteroatoms. The summed E-state index contributed by atoms with van der Waals surface area (Å²) in [5.74, 6) is -1.93. The summed E-state index contributed by atoms with van der Waals surface area (Å²) >= 11 is 5.93. The lowest BCUT2D eigenvalue weighted by atomic mass is 9.91. The van der Waals surface area contributed by atoms with Crippen LogP contribution >= 0.6 is 11.6 Å². The van der Waals surface area contributed by atoms with E-state index in [-0.39, 0.29) is 17.1 Å². The molecule has 0 bridgehead atoms. The summed E-state index contributed by atoms with van der Waals surface area (Å²) in [6, 6.07) is 12.0. The molecular formula is C20H18ClNO4. The van der Waals surface area contributed by atoms with Crippen LogP contribution in [0.3, 0.4) is 0 Å². The Morgan fingerprint density at radius 3 is 2.35 bits per heavy atom. The van der Waals surface area contributed by atoms with Crippen LogP contribution in [0.1, 0.15) is 25.5 Å². The summed E-state index contributed by atoms with van der Waals surface area (Å²) in [6.07, 6.45) is 0. The van der Waals surface area contributed by atoms with E-state index in [0.717, 1.165) is 0 Å². The number of aliphatic hydroxyl groups is 1. The van der Waals surface area contributed by atoms with Crippen LogP contribution in [-0.2, 0) is 9.59 Å². The van der Waals surface area contributed by atoms with Crippen molar-refractivity contribution in [2.24, 2.45) is 5.92 Å². The Labute approximate surface area is 156 Å². The number of phenols is 1. The molecule has 0 saturated carbocycles. The Morgan fingerprint density at radius 2 is 1.77 bits per heavy atom. The van der Waals surface area contributed by atoms with Gasteiger partial charge in [0.2, 0.25) is 0 Å². The third-order valence-electron chi connectivity index (χ3n) is 4.29. The van der Waals surface area contributed by atoms with Gasteiger partial charge in [-0.05, 0) is 42.0 Å². The zero-order valence-corrected chi connectivity index (χ0v) is 15.1. The highest BCUT2D eigenvalue weighted by Crippen LogP contribution is 2.42. The number of aromatic hydroxyl groups is 1. The number of ketones is 1. The first-order valence-corrected chi connectivity index (χ1v) is 8.54. The number of carbonyl (C=O) groups excluding carboxylic acids is 2. The summed E-state index contributed by atoms with van der Waals surface area (Å²) in [5, 5.41) is 20.8. The molecule has 5 nitrogen and oxygen atoms in total. The molecule has 0 aliphatic carbocycles. The second-order valence-electron chi connectivity index (χ2n) is 6.43. The standard InChI is InChI=1S/C20H18ClNO4/c1-11(2)18(24)16-17(12-4-3-5-15(23)10-12)22(20(26)19(16)25)14-8-6-13(21)7-9-14/h3-11,17,23,25H,1-2H3. The van der Waals surface area contributed by atoms with Crippen molar-refractivity contribution in [1.29, 1.82) is 0 Å². The first-order valence-electron chi connectivity index (χ1n) is 8.16. The zero-order chi connectivity index (χ0) is 19.0. The molecule has 0 spiro atoms. The van der Waals surface area contributed by atoms with Crippen LogP contribution < -0.4 is 4.90 Å². The summed E-state index contributed by atoms with van der Waals surface area (Å²) in [6.45, 7) is 3.41. The third-order valence-corrected chi connectivity index (χ3v) is 4.54. The van der Waals surface area contributed by atoms with Gasteiger partial charge in [-0.15, -0.1) is 0 Å². The number of rotatable bonds is 4. The topological polar surface area (TPSA) is 77.8 Å². The normalized spacial score (nSPS) is 17.3. The van der Waals surface area contributed by atoms with Crippen molar-refractivity contribution in [3.05, 3.63) is 70.4 Å². The van der Waals surface area contributed by atoms with Crippen molar-refractivity contribution in [1.82, 2.24) is 0 Å². The predicted octanol–water partition coefficient (Wildman–Crippen LogP) is 4.17. The van der Waals surface area contributed by atoms with Gasteiger partial charge < -0.3 is 10.2 Å². The fourth-order valence-corrected chi connectivity index (χ4v) is 3.17. The quantitative estimate of drug-likeness (QED) is 0.845. The van der Waals surface area contributed by atoms with Crippen molar-refractivity contribution < 1.29 is 19.8 Å². The summed E-state index contributed by atoms with van der Waals surface area (Å²) in [5.41, 5.74) is 1.05. The minimum atomic E-state index is -0.828. The Balaban J connectivity index is 2.19. The maximum Gasteiger partial charge on any atom is 0.294 e. The van der Waals surface area contributed by atoms with E-state index in [2.05, 4.69) is 0 Å². The van der Waals surface area contributed by atoms with Gasteiger partial charge >= 0.3 is 0 Å². The largest absolute Gasteiger partial charge is 0.508 e. The molecule has 134 valence electrons. The van der Waals surface area contributed by atoms with E-state index in [1.165, 1.54) is 17.0 Å². The van der Waals surface area contributed by atoms with Crippen LogP contribution in [0.25, 0.3) is 0 Å². The fraction of sp³-hybridized carbons (Fsp3) is 0.200. The average Bonchev–Trinajstić information content (AvgIpc) is 2.86. The van der Waals surface area contributed by atoms with Crippen LogP contribution in [-0.4, -0.2) is 21.9 Å². The second-order valence-corrected chi connectivity index (χ2v) is 6.87. The molecule has 1 unspecified atom stereocenters. The number of phenolic OH excluding ortho intramolecular Hbond substituents is 1. The molecule has 0 saturated heterocycles. The van der Waals surface area contributed by atoms with Gasteiger partial charge in [0.05, 0.1) is 11.6 Å². The number of benzene rings is 2. The SMILES string of the molecule is CC(C)C(=O)C1=C(O)C(=O)N(c2ccc(Cl)cc2)C1c1cccc(O)c1. The highest BCUT2D eigenvalue weighted by Gasteiger charge is 2.44. The number of amides is 1. The van der Waals surface area contributed by atoms with Crippen molar-refractivity contribution >= 4 is 29.0 Å². The second kappa shape index (κ2) is 6.84. The summed E-state index contributed by atoms with van der Waals surface area (Å²) < 4.78 is 0. The van der Waals surface area contributed by atoms with E-state index in [1.54, 1.807) is 50.2 Å². The van der Waals surface area contributed by atoms with E-state index in [0.29, 0.717) is 16.3 Å². The number of nitrogens with zero attached hydrogens (tertiary/aromatic N) is 1. The fourth-order valence-electron chi connectivity index (χ4n) is 3.05. The van der Waals surface area contributed by atoms with Crippen LogP contribution in [0.2, 0.25) is 5.02 Å². The molecule has 2 aromatic rings. The molecule has 1 aliphatic rings. The van der Waals surface area contributed by atoms with E-state index >= 15 is 0 Å². The third kappa shape index (κ3) is 3.06. The van der Waals surface area contributed by atoms with Gasteiger partial charge in [0, 0.05) is 16.6 Å². The van der Waals surface area contributed by atoms with E-state index in [4.69, 9.17) is 11.6 Å². The number of aliphatic hydroxyl groups excluding tert-OH is 1. The molecule has 1 amide bonds. The smallest absolute Gasteiger partial charge is 0.294 e. The molecule has 1 aliphatic heterocycles. The predicted molar refractivity (Wildman–Crippen MR) is 99.3 cm³/mol. The molecule has 0 aromatic heterocycles. The summed E-state index contributed by atoms with van der Waals surface area (Å²) in [4.78, 5) is 26.8. The monoisotopic (exact) mass is 371 g/mol. The molecule has 2 aromatic carbocycles. The molecule has 0 radical (unpaired) electrons. The first-order chi connectivity index (χ1) is 12.3. The molecule has 2 N–H and O–H groups in total. The van der Waals surface area contributed by atoms with Gasteiger partial charge in [0.25, 0.3) is 5.91 Å². The lowest BCUT2D eigenvalue weighted by Crippen LogP contribution is -2.31. The van der Waals surface area contributed by atoms with Gasteiger partial charge in [-0.3, -0.25) is 14.5 Å². The molecular weight excluding hydrogens is 354 g/mol. The Kier molecular flexibility index (Phi) is 4.74. The van der Waals surface area contributed by atoms with Crippen LogP contribution in [0.5, 0.6) is 5.75 Å². The van der Waals surface area contributed by atoms with E-state index in [9.17, 15) is 19.8 Å². The average molecular weight is 372 g/mol. The lowest BCUT2D eigenvalue weighted by Gasteiger charge is -2.27. The number of carbonyl (C=O) groups is 2. The van der Waals surface area contributed by atoms with E-state index < -0.39 is 23.6 Å². The van der Waals surface area contributed by atoms with Crippen molar-refractivity contribution in [3.63, 3.8) is 0 Å². The molecule has 1 atom stereocenters. The van der Waals surface area contributed by atoms with E-state index in [1.807, 2.05) is 0 Å². The maximum atomic E-state index is 12.8. The number of halogens is 1. The van der Waals surface area contributed by atoms with Gasteiger partial charge in [-0.2, -0.15) is 0 Å². The highest BCUT2D eigenvalue weighted by atomic mass is 35.5. The van der Waals surface area contributed by atoms with Crippen molar-refractivity contribution in [2.75, 3.05) is 4.90 Å². The van der Waals surface area contributed by atoms with Crippen LogP contribution in [0, 0.1) is 5.92 Å². The number of hydrogen-bond donors (Lipinski definition) is 2. The molecule has 0 fully saturated rings. The van der Waals surface area contributed by atoms with Gasteiger partial charge in [-0.25, -0.2) is 0 Å².